The maximum atomic E-state index is 11.8. The van der Waals surface area contributed by atoms with Gasteiger partial charge in [-0.15, -0.1) is 0 Å². The molecule has 20 heavy (non-hydrogen) atoms. The number of furan rings is 1. The van der Waals surface area contributed by atoms with Crippen molar-refractivity contribution in [3.63, 3.8) is 0 Å². The zero-order valence-corrected chi connectivity index (χ0v) is 10.5. The van der Waals surface area contributed by atoms with Gasteiger partial charge in [-0.1, -0.05) is 18.2 Å². The molecular formula is C16H11NO3. The van der Waals surface area contributed by atoms with Gasteiger partial charge in [0.05, 0.1) is 6.26 Å². The first kappa shape index (κ1) is 12.2. The smallest absolute Gasteiger partial charge is 0.336 e. The van der Waals surface area contributed by atoms with E-state index in [1.54, 1.807) is 36.7 Å². The van der Waals surface area contributed by atoms with E-state index in [0.717, 1.165) is 5.39 Å². The molecule has 0 fully saturated rings. The Hall–Kier alpha value is -2.88. The van der Waals surface area contributed by atoms with Gasteiger partial charge in [-0.2, -0.15) is 0 Å². The number of benzene rings is 1. The van der Waals surface area contributed by atoms with Gasteiger partial charge in [-0.3, -0.25) is 4.98 Å². The van der Waals surface area contributed by atoms with E-state index in [9.17, 15) is 4.79 Å². The summed E-state index contributed by atoms with van der Waals surface area (Å²) in [6, 6.07) is 12.7. The lowest BCUT2D eigenvalue weighted by atomic mass is 10.2. The second-order valence-corrected chi connectivity index (χ2v) is 4.10. The van der Waals surface area contributed by atoms with Gasteiger partial charge in [-0.25, -0.2) is 4.79 Å². The minimum absolute atomic E-state index is 0.442. The van der Waals surface area contributed by atoms with E-state index in [-0.39, 0.29) is 0 Å². The van der Waals surface area contributed by atoms with Crippen LogP contribution in [0.4, 0.5) is 0 Å². The van der Waals surface area contributed by atoms with E-state index in [1.807, 2.05) is 24.3 Å². The van der Waals surface area contributed by atoms with Crippen LogP contribution in [0.2, 0.25) is 0 Å². The third-order valence-electron chi connectivity index (χ3n) is 2.73. The number of carbonyl (C=O) groups excluding carboxylic acids is 1. The number of pyridine rings is 1. The molecule has 3 rings (SSSR count). The standard InChI is InChI=1S/C16H11NO3/c18-15(9-8-13-6-3-11-19-13)20-14-7-1-4-12-5-2-10-17-16(12)14/h1-11H/b9-8+. The molecule has 98 valence electrons. The summed E-state index contributed by atoms with van der Waals surface area (Å²) in [7, 11) is 0. The summed E-state index contributed by atoms with van der Waals surface area (Å²) in [4.78, 5) is 16.0. The van der Waals surface area contributed by atoms with Gasteiger partial charge in [0.25, 0.3) is 0 Å². The van der Waals surface area contributed by atoms with Gasteiger partial charge in [0.1, 0.15) is 11.3 Å². The first-order chi connectivity index (χ1) is 9.83. The van der Waals surface area contributed by atoms with Crippen molar-refractivity contribution in [1.29, 1.82) is 0 Å². The number of carbonyl (C=O) groups is 1. The number of hydrogen-bond acceptors (Lipinski definition) is 4. The number of rotatable bonds is 3. The first-order valence-electron chi connectivity index (χ1n) is 6.10. The van der Waals surface area contributed by atoms with E-state index in [1.165, 1.54) is 6.08 Å². The SMILES string of the molecule is O=C(/C=C/c1ccco1)Oc1cccc2cccnc12. The highest BCUT2D eigenvalue weighted by atomic mass is 16.5. The zero-order chi connectivity index (χ0) is 13.8. The van der Waals surface area contributed by atoms with E-state index < -0.39 is 5.97 Å². The highest BCUT2D eigenvalue weighted by Gasteiger charge is 2.06. The summed E-state index contributed by atoms with van der Waals surface area (Å²) in [5, 5.41) is 0.924. The molecule has 1 aromatic carbocycles. The predicted molar refractivity (Wildman–Crippen MR) is 75.1 cm³/mol. The summed E-state index contributed by atoms with van der Waals surface area (Å²) in [6.45, 7) is 0. The van der Waals surface area contributed by atoms with Gasteiger partial charge in [0.2, 0.25) is 0 Å². The summed E-state index contributed by atoms with van der Waals surface area (Å²) in [5.74, 6) is 0.565. The Morgan fingerprint density at radius 2 is 2.05 bits per heavy atom. The van der Waals surface area contributed by atoms with Gasteiger partial charge >= 0.3 is 5.97 Å². The average molecular weight is 265 g/mol. The quantitative estimate of drug-likeness (QED) is 0.413. The molecule has 0 aliphatic heterocycles. The Morgan fingerprint density at radius 3 is 2.90 bits per heavy atom. The van der Waals surface area contributed by atoms with Crippen molar-refractivity contribution in [1.82, 2.24) is 4.98 Å². The monoisotopic (exact) mass is 265 g/mol. The van der Waals surface area contributed by atoms with Crippen molar-refractivity contribution in [2.24, 2.45) is 0 Å². The van der Waals surface area contributed by atoms with Crippen LogP contribution in [0.15, 0.2) is 65.4 Å². The molecular weight excluding hydrogens is 254 g/mol. The average Bonchev–Trinajstić information content (AvgIpc) is 2.99. The van der Waals surface area contributed by atoms with Crippen molar-refractivity contribution >= 4 is 22.9 Å². The molecule has 0 N–H and O–H groups in total. The van der Waals surface area contributed by atoms with Crippen LogP contribution in [0.5, 0.6) is 5.75 Å². The number of nitrogens with zero attached hydrogens (tertiary/aromatic N) is 1. The van der Waals surface area contributed by atoms with Crippen LogP contribution in [-0.2, 0) is 4.79 Å². The van der Waals surface area contributed by atoms with Crippen molar-refractivity contribution in [2.75, 3.05) is 0 Å². The molecule has 0 bridgehead atoms. The van der Waals surface area contributed by atoms with Crippen LogP contribution < -0.4 is 4.74 Å². The molecule has 2 aromatic heterocycles. The minimum Gasteiger partial charge on any atom is -0.465 e. The lowest BCUT2D eigenvalue weighted by Gasteiger charge is -2.04. The van der Waals surface area contributed by atoms with Crippen LogP contribution in [0.1, 0.15) is 5.76 Å². The van der Waals surface area contributed by atoms with E-state index in [0.29, 0.717) is 17.0 Å². The number of aromatic nitrogens is 1. The Morgan fingerprint density at radius 1 is 1.15 bits per heavy atom. The largest absolute Gasteiger partial charge is 0.465 e. The van der Waals surface area contributed by atoms with Gasteiger partial charge < -0.3 is 9.15 Å². The molecule has 0 spiro atoms. The Balaban J connectivity index is 1.81. The highest BCUT2D eigenvalue weighted by Crippen LogP contribution is 2.23. The van der Waals surface area contributed by atoms with Crippen LogP contribution in [0.25, 0.3) is 17.0 Å². The summed E-state index contributed by atoms with van der Waals surface area (Å²) in [6.07, 6.45) is 6.08. The van der Waals surface area contributed by atoms with E-state index in [4.69, 9.17) is 9.15 Å². The van der Waals surface area contributed by atoms with Gasteiger partial charge in [0.15, 0.2) is 5.75 Å². The maximum Gasteiger partial charge on any atom is 0.336 e. The van der Waals surface area contributed by atoms with Crippen molar-refractivity contribution in [2.45, 2.75) is 0 Å². The van der Waals surface area contributed by atoms with Crippen molar-refractivity contribution < 1.29 is 13.9 Å². The molecule has 2 heterocycles. The third kappa shape index (κ3) is 2.59. The number of para-hydroxylation sites is 1. The normalized spacial score (nSPS) is 11.0. The topological polar surface area (TPSA) is 52.3 Å². The molecule has 0 saturated carbocycles. The van der Waals surface area contributed by atoms with E-state index in [2.05, 4.69) is 4.98 Å². The molecule has 0 aliphatic rings. The minimum atomic E-state index is -0.473. The molecule has 3 aromatic rings. The lowest BCUT2D eigenvalue weighted by Crippen LogP contribution is -2.04. The second-order valence-electron chi connectivity index (χ2n) is 4.10. The summed E-state index contributed by atoms with van der Waals surface area (Å²) >= 11 is 0. The maximum absolute atomic E-state index is 11.8. The van der Waals surface area contributed by atoms with Crippen LogP contribution in [0, 0.1) is 0 Å². The van der Waals surface area contributed by atoms with Gasteiger partial charge in [0, 0.05) is 17.7 Å². The Bertz CT molecular complexity index is 755. The fourth-order valence-electron chi connectivity index (χ4n) is 1.84. The predicted octanol–water partition coefficient (Wildman–Crippen LogP) is 3.45. The molecule has 4 nitrogen and oxygen atoms in total. The molecule has 0 unspecified atom stereocenters. The highest BCUT2D eigenvalue weighted by molar-refractivity contribution is 5.92. The summed E-state index contributed by atoms with van der Waals surface area (Å²) < 4.78 is 10.4. The summed E-state index contributed by atoms with van der Waals surface area (Å²) in [5.41, 5.74) is 0.662. The molecule has 0 amide bonds. The molecule has 0 saturated heterocycles. The fraction of sp³-hybridized carbons (Fsp3) is 0. The van der Waals surface area contributed by atoms with Crippen LogP contribution in [-0.4, -0.2) is 11.0 Å². The zero-order valence-electron chi connectivity index (χ0n) is 10.5. The van der Waals surface area contributed by atoms with Crippen molar-refractivity contribution in [3.8, 4) is 5.75 Å². The second kappa shape index (κ2) is 5.40. The molecule has 0 aliphatic carbocycles. The number of hydrogen-bond donors (Lipinski definition) is 0. The van der Waals surface area contributed by atoms with Crippen LogP contribution >= 0.6 is 0 Å². The van der Waals surface area contributed by atoms with E-state index >= 15 is 0 Å². The van der Waals surface area contributed by atoms with Crippen LogP contribution in [0.3, 0.4) is 0 Å². The molecule has 0 atom stereocenters. The Labute approximate surface area is 115 Å². The molecule has 0 radical (unpaired) electrons. The molecule has 4 heteroatoms. The lowest BCUT2D eigenvalue weighted by molar-refractivity contribution is -0.128. The number of fused-ring (bicyclic) bond motifs is 1. The van der Waals surface area contributed by atoms with Gasteiger partial charge in [-0.05, 0) is 30.3 Å². The van der Waals surface area contributed by atoms with Crippen molar-refractivity contribution in [3.05, 3.63) is 66.8 Å². The Kier molecular flexibility index (Phi) is 3.29. The first-order valence-corrected chi connectivity index (χ1v) is 6.10. The third-order valence-corrected chi connectivity index (χ3v) is 2.73. The number of esters is 1. The fourth-order valence-corrected chi connectivity index (χ4v) is 1.84. The number of ether oxygens (including phenoxy) is 1.